The van der Waals surface area contributed by atoms with E-state index in [4.69, 9.17) is 0 Å². The molecule has 0 aliphatic heterocycles. The SMILES string of the molecule is CC(C)(C)c1cc(C(C)(C)C)cc([Si](c2cc(C(C)(C)C)cc(C(C)(C)C)c2)(c2cc(C(C)(C)C)cc(C(C)(C)C)c2)[c-]2ccc3ccccc32)c1.Cl.Cl.Cl.[Ti]. The summed E-state index contributed by atoms with van der Waals surface area (Å²) in [6.45, 7) is 42.9. The van der Waals surface area contributed by atoms with Gasteiger partial charge in [0.1, 0.15) is 8.07 Å². The van der Waals surface area contributed by atoms with Crippen molar-refractivity contribution in [1.82, 2.24) is 0 Å². The Bertz CT molecular complexity index is 1820. The van der Waals surface area contributed by atoms with Gasteiger partial charge >= 0.3 is 0 Å². The van der Waals surface area contributed by atoms with Crippen molar-refractivity contribution in [1.29, 1.82) is 0 Å². The topological polar surface area (TPSA) is 0 Å². The monoisotopic (exact) mass is 865 g/mol. The van der Waals surface area contributed by atoms with Crippen LogP contribution in [0.5, 0.6) is 0 Å². The standard InChI is InChI=1S/C51H69Si.3ClH.Ti/c1-46(2,3)35-25-36(47(4,5)6)29-41(28-35)52(45-24-23-34-21-19-20-22-44(34)45,42-30-37(48(7,8)9)26-38(31-42)49(10,11)12)43-32-39(50(13,14)15)27-40(33-43)51(16,17)18;;;;/h19-33H,1-18H3;3*1H;/q-1;;;;. The van der Waals surface area contributed by atoms with E-state index >= 15 is 0 Å². The number of rotatable bonds is 4. The van der Waals surface area contributed by atoms with E-state index in [9.17, 15) is 0 Å². The number of hydrogen-bond donors (Lipinski definition) is 0. The first-order valence-electron chi connectivity index (χ1n) is 19.7. The smallest absolute Gasteiger partial charge is 0.134 e. The second kappa shape index (κ2) is 17.5. The van der Waals surface area contributed by atoms with Gasteiger partial charge in [0.25, 0.3) is 0 Å². The predicted octanol–water partition coefficient (Wildman–Crippen LogP) is 13.0. The van der Waals surface area contributed by atoms with Gasteiger partial charge in [0, 0.05) is 21.7 Å². The minimum absolute atomic E-state index is 0. The second-order valence-corrected chi connectivity index (χ2v) is 25.8. The van der Waals surface area contributed by atoms with Crippen LogP contribution in [0.4, 0.5) is 0 Å². The van der Waals surface area contributed by atoms with E-state index in [0.29, 0.717) is 0 Å². The van der Waals surface area contributed by atoms with E-state index < -0.39 is 8.07 Å². The van der Waals surface area contributed by atoms with Gasteiger partial charge in [0.2, 0.25) is 0 Å². The van der Waals surface area contributed by atoms with Gasteiger partial charge in [-0.25, -0.2) is 0 Å². The Hall–Kier alpha value is -1.71. The zero-order chi connectivity index (χ0) is 39.0. The maximum absolute atomic E-state index is 3.07. The predicted molar refractivity (Wildman–Crippen MR) is 257 cm³/mol. The zero-order valence-corrected chi connectivity index (χ0v) is 42.9. The van der Waals surface area contributed by atoms with Crippen LogP contribution in [-0.4, -0.2) is 8.07 Å². The molecule has 5 rings (SSSR count). The summed E-state index contributed by atoms with van der Waals surface area (Å²) in [6, 6.07) is 37.3. The molecule has 0 saturated heterocycles. The molecule has 0 fully saturated rings. The largest absolute Gasteiger partial charge is 0.168 e. The average molecular weight is 867 g/mol. The van der Waals surface area contributed by atoms with Gasteiger partial charge in [-0.15, -0.1) is 71.4 Å². The molecule has 0 aromatic heterocycles. The van der Waals surface area contributed by atoms with Crippen molar-refractivity contribution in [3.63, 3.8) is 0 Å². The average Bonchev–Trinajstić information content (AvgIpc) is 3.43. The van der Waals surface area contributed by atoms with Gasteiger partial charge in [-0.1, -0.05) is 201 Å². The van der Waals surface area contributed by atoms with Crippen LogP contribution in [0.2, 0.25) is 0 Å². The number of benzene rings is 4. The summed E-state index contributed by atoms with van der Waals surface area (Å²) >= 11 is 0. The maximum Gasteiger partial charge on any atom is 0.134 e. The third kappa shape index (κ3) is 10.5. The summed E-state index contributed by atoms with van der Waals surface area (Å²) in [6.07, 6.45) is 0. The molecule has 0 saturated carbocycles. The molecule has 0 atom stereocenters. The minimum atomic E-state index is -3.07. The molecule has 0 unspecified atom stereocenters. The Labute approximate surface area is 377 Å². The molecule has 0 heterocycles. The summed E-state index contributed by atoms with van der Waals surface area (Å²) in [5.74, 6) is 0. The van der Waals surface area contributed by atoms with E-state index in [1.807, 2.05) is 0 Å². The fourth-order valence-corrected chi connectivity index (χ4v) is 12.7. The van der Waals surface area contributed by atoms with E-state index in [0.717, 1.165) is 0 Å². The fraction of sp³-hybridized carbons (Fsp3) is 0.471. The maximum atomic E-state index is 2.63. The summed E-state index contributed by atoms with van der Waals surface area (Å²) in [4.78, 5) is 0. The van der Waals surface area contributed by atoms with Gasteiger partial charge in [0.15, 0.2) is 0 Å². The zero-order valence-electron chi connectivity index (χ0n) is 37.9. The molecule has 0 bridgehead atoms. The van der Waals surface area contributed by atoms with Crippen molar-refractivity contribution in [3.8, 4) is 0 Å². The molecule has 0 aliphatic rings. The normalized spacial score (nSPS) is 13.0. The quantitative estimate of drug-likeness (QED) is 0.0959. The van der Waals surface area contributed by atoms with Crippen molar-refractivity contribution >= 4 is 76.8 Å². The van der Waals surface area contributed by atoms with E-state index in [2.05, 4.69) is 216 Å². The van der Waals surface area contributed by atoms with Crippen LogP contribution < -0.4 is 20.7 Å². The van der Waals surface area contributed by atoms with Gasteiger partial charge in [0.05, 0.1) is 0 Å². The Morgan fingerprint density at radius 2 is 0.607 bits per heavy atom. The summed E-state index contributed by atoms with van der Waals surface area (Å²) in [5.41, 5.74) is 8.37. The van der Waals surface area contributed by atoms with Crippen LogP contribution in [0.25, 0.3) is 10.8 Å². The Kier molecular flexibility index (Phi) is 16.3. The molecule has 0 N–H and O–H groups in total. The number of halogens is 3. The fourth-order valence-electron chi connectivity index (χ4n) is 7.57. The molecule has 0 radical (unpaired) electrons. The third-order valence-corrected chi connectivity index (χ3v) is 16.1. The molecule has 5 heteroatoms. The van der Waals surface area contributed by atoms with E-state index in [-0.39, 0.29) is 91.4 Å². The van der Waals surface area contributed by atoms with Crippen LogP contribution in [0.15, 0.2) is 91.0 Å². The molecule has 0 nitrogen and oxygen atoms in total. The molecule has 306 valence electrons. The van der Waals surface area contributed by atoms with Gasteiger partial charge in [-0.3, -0.25) is 0 Å². The first-order valence-corrected chi connectivity index (χ1v) is 21.7. The molecule has 0 spiro atoms. The summed E-state index contributed by atoms with van der Waals surface area (Å²) < 4.78 is 0. The summed E-state index contributed by atoms with van der Waals surface area (Å²) in [7, 11) is -3.07. The Balaban J connectivity index is 0.00000392. The Morgan fingerprint density at radius 1 is 0.357 bits per heavy atom. The first kappa shape index (κ1) is 52.3. The van der Waals surface area contributed by atoms with E-state index in [1.165, 1.54) is 64.9 Å². The van der Waals surface area contributed by atoms with E-state index in [1.54, 1.807) is 0 Å². The number of hydrogen-bond acceptors (Lipinski definition) is 0. The van der Waals surface area contributed by atoms with Gasteiger partial charge in [-0.05, 0) is 65.9 Å². The summed E-state index contributed by atoms with van der Waals surface area (Å²) in [5, 5.41) is 8.65. The van der Waals surface area contributed by atoms with Crippen LogP contribution >= 0.6 is 37.2 Å². The second-order valence-electron chi connectivity index (χ2n) is 22.0. The van der Waals surface area contributed by atoms with Crippen molar-refractivity contribution in [2.24, 2.45) is 0 Å². The molecule has 5 aromatic rings. The molecular weight excluding hydrogens is 795 g/mol. The van der Waals surface area contributed by atoms with Crippen LogP contribution in [0.3, 0.4) is 0 Å². The van der Waals surface area contributed by atoms with Crippen LogP contribution in [-0.2, 0) is 54.2 Å². The van der Waals surface area contributed by atoms with Crippen molar-refractivity contribution in [2.75, 3.05) is 0 Å². The Morgan fingerprint density at radius 3 is 0.857 bits per heavy atom. The molecule has 56 heavy (non-hydrogen) atoms. The third-order valence-electron chi connectivity index (χ3n) is 11.4. The molecule has 0 aliphatic carbocycles. The molecular formula is C51H72Cl3SiTi-. The molecule has 0 amide bonds. The van der Waals surface area contributed by atoms with Crippen molar-refractivity contribution < 1.29 is 21.7 Å². The van der Waals surface area contributed by atoms with Gasteiger partial charge in [-0.2, -0.15) is 12.1 Å². The van der Waals surface area contributed by atoms with Crippen LogP contribution in [0.1, 0.15) is 158 Å². The van der Waals surface area contributed by atoms with Gasteiger partial charge < -0.3 is 0 Å². The van der Waals surface area contributed by atoms with Crippen LogP contribution in [0, 0.1) is 0 Å². The first-order chi connectivity index (χ1) is 23.5. The van der Waals surface area contributed by atoms with Crippen molar-refractivity contribution in [3.05, 3.63) is 124 Å². The number of fused-ring (bicyclic) bond motifs is 1. The minimum Gasteiger partial charge on any atom is -0.168 e. The van der Waals surface area contributed by atoms with Crippen molar-refractivity contribution in [2.45, 2.75) is 157 Å². The molecule has 5 aromatic carbocycles.